The van der Waals surface area contributed by atoms with Crippen molar-refractivity contribution in [3.05, 3.63) is 28.8 Å². The molecule has 0 fully saturated rings. The first-order valence-corrected chi connectivity index (χ1v) is 23.5. The zero-order valence-electron chi connectivity index (χ0n) is 34.2. The van der Waals surface area contributed by atoms with E-state index in [0.717, 1.165) is 50.5 Å². The molecule has 0 saturated carbocycles. The minimum Gasteiger partial charge on any atom is -0.744 e. The molecule has 1 aromatic rings. The fourth-order valence-electron chi connectivity index (χ4n) is 7.69. The van der Waals surface area contributed by atoms with Gasteiger partial charge in [-0.2, -0.15) is 0 Å². The van der Waals surface area contributed by atoms with Gasteiger partial charge in [0.2, 0.25) is 0 Å². The van der Waals surface area contributed by atoms with Crippen molar-refractivity contribution < 1.29 is 42.5 Å². The van der Waals surface area contributed by atoms with Gasteiger partial charge in [-0.05, 0) is 61.3 Å². The monoisotopic (exact) mass is 727 g/mol. The van der Waals surface area contributed by atoms with E-state index in [1.54, 1.807) is 6.07 Å². The molecule has 3 nitrogen and oxygen atoms in total. The van der Waals surface area contributed by atoms with E-state index in [0.29, 0.717) is 0 Å². The van der Waals surface area contributed by atoms with Crippen LogP contribution in [0.3, 0.4) is 0 Å². The first-order chi connectivity index (χ1) is 24.0. The molecule has 0 aliphatic rings. The van der Waals surface area contributed by atoms with Gasteiger partial charge in [0.15, 0.2) is 0 Å². The zero-order valence-corrected chi connectivity index (χ0v) is 37.1. The van der Waals surface area contributed by atoms with Crippen molar-refractivity contribution in [2.24, 2.45) is 0 Å². The molecule has 0 aliphatic heterocycles. The Bertz CT molecular complexity index is 977. The van der Waals surface area contributed by atoms with E-state index in [2.05, 4.69) is 20.8 Å². The molecule has 50 heavy (non-hydrogen) atoms. The minimum atomic E-state index is -4.49. The van der Waals surface area contributed by atoms with Crippen LogP contribution < -0.4 is 29.6 Å². The zero-order chi connectivity index (χ0) is 35.7. The minimum absolute atomic E-state index is 0. The molecule has 0 aromatic heterocycles. The van der Waals surface area contributed by atoms with Crippen LogP contribution in [0.15, 0.2) is 17.0 Å². The van der Waals surface area contributed by atoms with Gasteiger partial charge in [-0.15, -0.1) is 0 Å². The Hall–Kier alpha value is 0.130. The van der Waals surface area contributed by atoms with Gasteiger partial charge in [0.05, 0.1) is 4.90 Å². The van der Waals surface area contributed by atoms with Gasteiger partial charge in [-0.1, -0.05) is 219 Å². The van der Waals surface area contributed by atoms with Gasteiger partial charge < -0.3 is 4.55 Å². The number of rotatable bonds is 37. The Morgan fingerprint density at radius 1 is 0.380 bits per heavy atom. The van der Waals surface area contributed by atoms with Crippen LogP contribution in [0.5, 0.6) is 0 Å². The van der Waals surface area contributed by atoms with Crippen LogP contribution in [0.25, 0.3) is 0 Å². The topological polar surface area (TPSA) is 57.2 Å². The molecule has 0 unspecified atom stereocenters. The predicted molar refractivity (Wildman–Crippen MR) is 215 cm³/mol. The Balaban J connectivity index is 0.0000240. The van der Waals surface area contributed by atoms with Crippen molar-refractivity contribution in [3.8, 4) is 0 Å². The molecular weight excluding hydrogens is 644 g/mol. The number of unbranched alkanes of at least 4 members (excludes halogenated alkanes) is 30. The molecule has 0 heterocycles. The van der Waals surface area contributed by atoms with Gasteiger partial charge in [-0.25, -0.2) is 8.42 Å². The van der Waals surface area contributed by atoms with Crippen LogP contribution in [0.4, 0.5) is 0 Å². The van der Waals surface area contributed by atoms with Gasteiger partial charge in [-0.3, -0.25) is 0 Å². The first-order valence-electron chi connectivity index (χ1n) is 22.0. The molecular formula is C45H83NaO3S. The van der Waals surface area contributed by atoms with E-state index >= 15 is 0 Å². The van der Waals surface area contributed by atoms with Crippen molar-refractivity contribution in [3.63, 3.8) is 0 Å². The third-order valence-corrected chi connectivity index (χ3v) is 11.8. The van der Waals surface area contributed by atoms with Crippen molar-refractivity contribution >= 4 is 10.1 Å². The molecule has 0 saturated heterocycles. The summed E-state index contributed by atoms with van der Waals surface area (Å²) in [7, 11) is -4.49. The van der Waals surface area contributed by atoms with Crippen molar-refractivity contribution in [2.45, 2.75) is 257 Å². The van der Waals surface area contributed by atoms with E-state index < -0.39 is 10.1 Å². The summed E-state index contributed by atoms with van der Waals surface area (Å²) >= 11 is 0. The summed E-state index contributed by atoms with van der Waals surface area (Å²) in [5.74, 6) is 0. The maximum Gasteiger partial charge on any atom is 1.00 e. The molecule has 0 spiro atoms. The quantitative estimate of drug-likeness (QED) is 0.0390. The number of hydrogen-bond acceptors (Lipinski definition) is 3. The summed E-state index contributed by atoms with van der Waals surface area (Å²) in [6.07, 6.45) is 45.7. The standard InChI is InChI=1S/C45H84O3S.Na/c1-4-7-10-13-16-19-22-25-28-31-34-37-42-40-41-45(49(46,47)48)44(39-36-33-30-27-24-21-18-15-12-9-6-3)43(42)38-35-32-29-26-23-20-17-14-11-8-5-2;/h40-41H,4-39H2,1-3H3,(H,46,47,48);/q;+1/p-1. The molecule has 0 radical (unpaired) electrons. The second kappa shape index (κ2) is 36.1. The van der Waals surface area contributed by atoms with E-state index in [4.69, 9.17) is 0 Å². The van der Waals surface area contributed by atoms with Crippen LogP contribution >= 0.6 is 0 Å². The third kappa shape index (κ3) is 27.7. The summed E-state index contributed by atoms with van der Waals surface area (Å²) in [6, 6.07) is 3.66. The number of aryl methyl sites for hydroxylation is 1. The van der Waals surface area contributed by atoms with Crippen molar-refractivity contribution in [2.75, 3.05) is 0 Å². The van der Waals surface area contributed by atoms with Gasteiger partial charge >= 0.3 is 29.6 Å². The van der Waals surface area contributed by atoms with Crippen molar-refractivity contribution in [1.29, 1.82) is 0 Å². The van der Waals surface area contributed by atoms with Gasteiger partial charge in [0.25, 0.3) is 0 Å². The summed E-state index contributed by atoms with van der Waals surface area (Å²) in [6.45, 7) is 6.83. The normalized spacial score (nSPS) is 11.7. The Kier molecular flexibility index (Phi) is 36.2. The number of hydrogen-bond donors (Lipinski definition) is 0. The first kappa shape index (κ1) is 50.1. The number of benzene rings is 1. The molecule has 1 aromatic carbocycles. The molecule has 0 atom stereocenters. The third-order valence-electron chi connectivity index (χ3n) is 10.9. The Labute approximate surface area is 336 Å². The van der Waals surface area contributed by atoms with Crippen LogP contribution in [-0.4, -0.2) is 13.0 Å². The predicted octanol–water partition coefficient (Wildman–Crippen LogP) is 12.2. The van der Waals surface area contributed by atoms with Gasteiger partial charge in [0.1, 0.15) is 10.1 Å². The van der Waals surface area contributed by atoms with Crippen LogP contribution in [-0.2, 0) is 29.4 Å². The largest absolute Gasteiger partial charge is 1.00 e. The molecule has 288 valence electrons. The smallest absolute Gasteiger partial charge is 0.744 e. The van der Waals surface area contributed by atoms with Crippen molar-refractivity contribution in [1.82, 2.24) is 0 Å². The van der Waals surface area contributed by atoms with E-state index in [9.17, 15) is 13.0 Å². The fraction of sp³-hybridized carbons (Fsp3) is 0.867. The van der Waals surface area contributed by atoms with Crippen LogP contribution in [0, 0.1) is 0 Å². The second-order valence-electron chi connectivity index (χ2n) is 15.5. The fourth-order valence-corrected chi connectivity index (χ4v) is 8.45. The summed E-state index contributed by atoms with van der Waals surface area (Å²) < 4.78 is 37.4. The van der Waals surface area contributed by atoms with Crippen LogP contribution in [0.1, 0.15) is 249 Å². The van der Waals surface area contributed by atoms with E-state index in [-0.39, 0.29) is 34.5 Å². The second-order valence-corrected chi connectivity index (χ2v) is 16.8. The Morgan fingerprint density at radius 2 is 0.640 bits per heavy atom. The summed E-state index contributed by atoms with van der Waals surface area (Å²) in [4.78, 5) is 0.0698. The maximum absolute atomic E-state index is 12.5. The molecule has 0 aliphatic carbocycles. The molecule has 1 rings (SSSR count). The molecule has 0 amide bonds. The molecule has 5 heteroatoms. The van der Waals surface area contributed by atoms with E-state index in [1.165, 1.54) is 197 Å². The average Bonchev–Trinajstić information content (AvgIpc) is 3.08. The van der Waals surface area contributed by atoms with Gasteiger partial charge in [0, 0.05) is 0 Å². The average molecular weight is 727 g/mol. The van der Waals surface area contributed by atoms with E-state index in [1.807, 2.05) is 6.07 Å². The van der Waals surface area contributed by atoms with Crippen LogP contribution in [0.2, 0.25) is 0 Å². The SMILES string of the molecule is CCCCCCCCCCCCCc1ccc(S(=O)(=O)[O-])c(CCCCCCCCCCCCC)c1CCCCCCCCCCCCC.[Na+]. The maximum atomic E-state index is 12.5. The Morgan fingerprint density at radius 3 is 0.940 bits per heavy atom. The summed E-state index contributed by atoms with van der Waals surface area (Å²) in [5.41, 5.74) is 3.40. The summed E-state index contributed by atoms with van der Waals surface area (Å²) in [5, 5.41) is 0. The molecule has 0 N–H and O–H groups in total. The molecule has 0 bridgehead atoms.